The third kappa shape index (κ3) is 14.7. The predicted octanol–water partition coefficient (Wildman–Crippen LogP) is 10.6. The van der Waals surface area contributed by atoms with Crippen LogP contribution in [0.4, 0.5) is 4.53 Å². The van der Waals surface area contributed by atoms with Crippen LogP contribution in [0.2, 0.25) is 0 Å². The van der Waals surface area contributed by atoms with Crippen molar-refractivity contribution in [3.8, 4) is 0 Å². The van der Waals surface area contributed by atoms with Crippen LogP contribution in [0.1, 0.15) is 141 Å². The van der Waals surface area contributed by atoms with Gasteiger partial charge in [-0.3, -0.25) is 0 Å². The van der Waals surface area contributed by atoms with Crippen LogP contribution in [0.15, 0.2) is 34.9 Å². The molecule has 2 N–H and O–H groups in total. The molecule has 0 aromatic carbocycles. The smallest absolute Gasteiger partial charge is 0.0876 e. The van der Waals surface area contributed by atoms with Crippen molar-refractivity contribution in [2.75, 3.05) is 13.7 Å². The largest absolute Gasteiger partial charge is 0.400 e. The molecule has 37 heavy (non-hydrogen) atoms. The maximum Gasteiger partial charge on any atom is 0.0876 e. The van der Waals surface area contributed by atoms with E-state index >= 15 is 0 Å². The van der Waals surface area contributed by atoms with Crippen LogP contribution in [0.3, 0.4) is 0 Å². The second kappa shape index (κ2) is 28.0. The van der Waals surface area contributed by atoms with Gasteiger partial charge in [-0.2, -0.15) is 4.94 Å². The first-order chi connectivity index (χ1) is 17.5. The Balaban J connectivity index is -0.000000444. The fourth-order valence-electron chi connectivity index (χ4n) is 5.62. The van der Waals surface area contributed by atoms with Gasteiger partial charge in [0.2, 0.25) is 0 Å². The molecule has 1 fully saturated rings. The molecule has 0 saturated heterocycles. The average Bonchev–Trinajstić information content (AvgIpc) is 3.29. The minimum Gasteiger partial charge on any atom is -0.400 e. The molecule has 0 amide bonds. The van der Waals surface area contributed by atoms with E-state index in [1.807, 2.05) is 55.4 Å². The van der Waals surface area contributed by atoms with Crippen LogP contribution in [-0.4, -0.2) is 30.0 Å². The Kier molecular flexibility index (Phi) is 32.7. The molecule has 0 heterocycles. The number of hydrogen-bond donors (Lipinski definition) is 2. The first kappa shape index (κ1) is 43.1. The third-order valence-electron chi connectivity index (χ3n) is 7.36. The van der Waals surface area contributed by atoms with E-state index in [1.165, 1.54) is 42.4 Å². The molecule has 0 radical (unpaired) electrons. The summed E-state index contributed by atoms with van der Waals surface area (Å²) in [5, 5.41) is 17.0. The first-order valence-electron chi connectivity index (χ1n) is 15.0. The van der Waals surface area contributed by atoms with Gasteiger partial charge in [0.05, 0.1) is 12.7 Å². The maximum absolute atomic E-state index is 11.8. The van der Waals surface area contributed by atoms with Crippen molar-refractivity contribution in [2.24, 2.45) is 17.3 Å². The molecule has 0 bridgehead atoms. The van der Waals surface area contributed by atoms with Gasteiger partial charge in [-0.1, -0.05) is 100.0 Å². The quantitative estimate of drug-likeness (QED) is 0.322. The molecular formula is C33H67FO3. The summed E-state index contributed by atoms with van der Waals surface area (Å²) in [7, 11) is 1.00. The Morgan fingerprint density at radius 3 is 2.14 bits per heavy atom. The highest BCUT2D eigenvalue weighted by Gasteiger charge is 2.47. The van der Waals surface area contributed by atoms with Gasteiger partial charge in [-0.25, -0.2) is 0 Å². The van der Waals surface area contributed by atoms with E-state index in [4.69, 9.17) is 5.11 Å². The molecule has 4 atom stereocenters. The molecule has 3 aliphatic carbocycles. The van der Waals surface area contributed by atoms with Crippen molar-refractivity contribution in [3.63, 3.8) is 0 Å². The zero-order valence-electron chi connectivity index (χ0n) is 25.9. The van der Waals surface area contributed by atoms with Crippen LogP contribution in [0.25, 0.3) is 0 Å². The Hall–Kier alpha value is -0.970. The lowest BCUT2D eigenvalue weighted by atomic mass is 9.64. The Morgan fingerprint density at radius 1 is 0.973 bits per heavy atom. The fourth-order valence-corrected chi connectivity index (χ4v) is 5.62. The molecular weight excluding hydrogens is 463 g/mol. The molecule has 4 unspecified atom stereocenters. The van der Waals surface area contributed by atoms with Gasteiger partial charge in [-0.05, 0) is 97.6 Å². The van der Waals surface area contributed by atoms with Crippen LogP contribution < -0.4 is 0 Å². The average molecular weight is 531 g/mol. The van der Waals surface area contributed by atoms with Gasteiger partial charge in [0.15, 0.2) is 0 Å². The zero-order valence-corrected chi connectivity index (χ0v) is 25.9. The van der Waals surface area contributed by atoms with Crippen molar-refractivity contribution in [3.05, 3.63) is 34.9 Å². The predicted molar refractivity (Wildman–Crippen MR) is 165 cm³/mol. The number of rotatable bonds is 7. The molecule has 0 aliphatic heterocycles. The van der Waals surface area contributed by atoms with E-state index in [0.29, 0.717) is 11.3 Å². The highest BCUT2D eigenvalue weighted by Crippen LogP contribution is 2.57. The number of fused-ring (bicyclic) bond motifs is 1. The number of hydrogen-bond acceptors (Lipinski definition) is 3. The molecule has 0 aromatic heterocycles. The van der Waals surface area contributed by atoms with E-state index in [0.717, 1.165) is 51.6 Å². The molecule has 0 spiro atoms. The normalized spacial score (nSPS) is 25.5. The van der Waals surface area contributed by atoms with E-state index in [-0.39, 0.29) is 20.1 Å². The molecule has 3 aliphatic rings. The van der Waals surface area contributed by atoms with Gasteiger partial charge in [-0.15, -0.1) is 0 Å². The lowest BCUT2D eigenvalue weighted by Crippen LogP contribution is -2.32. The van der Waals surface area contributed by atoms with Crippen molar-refractivity contribution >= 4 is 0 Å². The van der Waals surface area contributed by atoms with Crippen LogP contribution in [0, 0.1) is 17.3 Å². The third-order valence-corrected chi connectivity index (χ3v) is 7.36. The lowest BCUT2D eigenvalue weighted by Gasteiger charge is -2.41. The molecule has 224 valence electrons. The topological polar surface area (TPSA) is 49.7 Å². The SMILES string of the molecule is C.CC.CC.CC.CC.CC1=C(/C=C\C2=CCCC3(C)C(CCCCOF)CCC23)CC(O)CC1.CO. The summed E-state index contributed by atoms with van der Waals surface area (Å²) in [5.41, 5.74) is 4.66. The van der Waals surface area contributed by atoms with Crippen LogP contribution in [-0.2, 0) is 4.94 Å². The van der Waals surface area contributed by atoms with E-state index in [1.54, 1.807) is 0 Å². The lowest BCUT2D eigenvalue weighted by molar-refractivity contribution is -0.133. The summed E-state index contributed by atoms with van der Waals surface area (Å²) < 4.78 is 11.8. The van der Waals surface area contributed by atoms with Gasteiger partial charge < -0.3 is 10.2 Å². The first-order valence-corrected chi connectivity index (χ1v) is 15.0. The highest BCUT2D eigenvalue weighted by atomic mass is 19.3. The number of unbranched alkanes of at least 4 members (excludes halogenated alkanes) is 1. The summed E-state index contributed by atoms with van der Waals surface area (Å²) in [6.45, 7) is 20.9. The summed E-state index contributed by atoms with van der Waals surface area (Å²) in [6.07, 6.45) is 17.7. The molecule has 3 nitrogen and oxygen atoms in total. The van der Waals surface area contributed by atoms with Crippen molar-refractivity contribution in [2.45, 2.75) is 147 Å². The monoisotopic (exact) mass is 531 g/mol. The summed E-state index contributed by atoms with van der Waals surface area (Å²) in [6, 6.07) is 0. The number of halogens is 1. The van der Waals surface area contributed by atoms with Gasteiger partial charge in [0.25, 0.3) is 0 Å². The van der Waals surface area contributed by atoms with Crippen molar-refractivity contribution in [1.29, 1.82) is 0 Å². The number of aliphatic hydroxyl groups excluding tert-OH is 2. The van der Waals surface area contributed by atoms with E-state index in [9.17, 15) is 9.63 Å². The van der Waals surface area contributed by atoms with Crippen LogP contribution in [0.5, 0.6) is 0 Å². The number of allylic oxidation sites excluding steroid dienone is 5. The highest BCUT2D eigenvalue weighted by molar-refractivity contribution is 5.36. The van der Waals surface area contributed by atoms with E-state index in [2.05, 4.69) is 37.0 Å². The molecule has 3 rings (SSSR count). The van der Waals surface area contributed by atoms with Gasteiger partial charge in [0, 0.05) is 7.11 Å². The number of aliphatic hydroxyl groups is 2. The minimum atomic E-state index is -0.173. The molecule has 1 saturated carbocycles. The minimum absolute atomic E-state index is 0. The van der Waals surface area contributed by atoms with Crippen LogP contribution >= 0.6 is 0 Å². The zero-order chi connectivity index (χ0) is 28.6. The fraction of sp³-hybridized carbons (Fsp3) is 0.818. The second-order valence-electron chi connectivity index (χ2n) is 8.92. The Bertz CT molecular complexity index is 582. The second-order valence-corrected chi connectivity index (χ2v) is 8.92. The van der Waals surface area contributed by atoms with Crippen molar-refractivity contribution in [1.82, 2.24) is 0 Å². The Labute approximate surface area is 232 Å². The summed E-state index contributed by atoms with van der Waals surface area (Å²) >= 11 is 0. The van der Waals surface area contributed by atoms with Gasteiger partial charge >= 0.3 is 0 Å². The molecule has 0 aromatic rings. The Morgan fingerprint density at radius 2 is 1.57 bits per heavy atom. The molecule has 4 heteroatoms. The summed E-state index contributed by atoms with van der Waals surface area (Å²) in [5.74, 6) is 1.41. The van der Waals surface area contributed by atoms with Crippen molar-refractivity contribution < 1.29 is 19.7 Å². The standard InChI is InChI=1S/C23H35FO2.4C2H6.CH4O.CH4/c1-17-8-12-21(25)16-19(17)10-9-18-6-5-14-23(2)20(11-13-22(18)23)7-3-4-15-26-24;5*1-2;/h6,9-10,20-22,25H,3-5,7-8,11-16H2,1-2H3;4*1-2H3;2H,1H3;1H4/b10-9-;;;;;;. The maximum atomic E-state index is 11.8. The summed E-state index contributed by atoms with van der Waals surface area (Å²) in [4.78, 5) is 3.72. The van der Waals surface area contributed by atoms with E-state index < -0.39 is 0 Å². The van der Waals surface area contributed by atoms with Gasteiger partial charge in [0.1, 0.15) is 0 Å².